The van der Waals surface area contributed by atoms with Gasteiger partial charge in [0, 0.05) is 38.3 Å². The van der Waals surface area contributed by atoms with Crippen LogP contribution in [0, 0.1) is 0 Å². The highest BCUT2D eigenvalue weighted by Gasteiger charge is 2.34. The predicted molar refractivity (Wildman–Crippen MR) is 86.3 cm³/mol. The van der Waals surface area contributed by atoms with E-state index in [-0.39, 0.29) is 0 Å². The van der Waals surface area contributed by atoms with Crippen LogP contribution in [-0.4, -0.2) is 48.1 Å². The van der Waals surface area contributed by atoms with Crippen LogP contribution >= 0.6 is 0 Å². The molecular weight excluding hydrogens is 258 g/mol. The molecule has 3 heteroatoms. The zero-order valence-electron chi connectivity index (χ0n) is 13.1. The van der Waals surface area contributed by atoms with E-state index < -0.39 is 0 Å². The summed E-state index contributed by atoms with van der Waals surface area (Å²) in [5.74, 6) is 0. The molecule has 2 saturated heterocycles. The fourth-order valence-electron chi connectivity index (χ4n) is 4.45. The lowest BCUT2D eigenvalue weighted by atomic mass is 9.94. The molecular formula is C18H27N3. The van der Waals surface area contributed by atoms with Gasteiger partial charge in [-0.15, -0.1) is 0 Å². The maximum Gasteiger partial charge on any atom is 0.0240 e. The third-order valence-corrected chi connectivity index (χ3v) is 5.68. The minimum Gasteiger partial charge on any atom is -0.312 e. The molecule has 3 aliphatic heterocycles. The van der Waals surface area contributed by atoms with Gasteiger partial charge in [0.1, 0.15) is 0 Å². The van der Waals surface area contributed by atoms with Crippen LogP contribution in [0.3, 0.4) is 0 Å². The largest absolute Gasteiger partial charge is 0.312 e. The number of rotatable bonds is 2. The van der Waals surface area contributed by atoms with E-state index in [0.29, 0.717) is 6.04 Å². The molecule has 0 saturated carbocycles. The lowest BCUT2D eigenvalue weighted by molar-refractivity contribution is 0.0538. The van der Waals surface area contributed by atoms with Crippen molar-refractivity contribution in [2.45, 2.75) is 51.4 Å². The Morgan fingerprint density at radius 3 is 3.19 bits per heavy atom. The number of benzene rings is 1. The van der Waals surface area contributed by atoms with E-state index in [0.717, 1.165) is 25.7 Å². The first-order chi connectivity index (χ1) is 10.3. The van der Waals surface area contributed by atoms with Crippen molar-refractivity contribution < 1.29 is 0 Å². The highest BCUT2D eigenvalue weighted by atomic mass is 15.3. The van der Waals surface area contributed by atoms with E-state index >= 15 is 0 Å². The molecule has 1 aromatic carbocycles. The normalized spacial score (nSPS) is 30.1. The monoisotopic (exact) mass is 285 g/mol. The van der Waals surface area contributed by atoms with E-state index in [1.165, 1.54) is 44.5 Å². The molecule has 114 valence electrons. The first-order valence-electron chi connectivity index (χ1n) is 8.60. The fourth-order valence-corrected chi connectivity index (χ4v) is 4.45. The molecule has 1 aromatic rings. The zero-order valence-corrected chi connectivity index (χ0v) is 13.1. The Kier molecular flexibility index (Phi) is 3.74. The van der Waals surface area contributed by atoms with Gasteiger partial charge in [-0.3, -0.25) is 9.80 Å². The van der Waals surface area contributed by atoms with Crippen molar-refractivity contribution in [2.75, 3.05) is 26.2 Å². The molecule has 0 aliphatic carbocycles. The maximum absolute atomic E-state index is 3.49. The Morgan fingerprint density at radius 1 is 1.29 bits per heavy atom. The van der Waals surface area contributed by atoms with E-state index in [9.17, 15) is 0 Å². The van der Waals surface area contributed by atoms with Gasteiger partial charge in [0.15, 0.2) is 0 Å². The second-order valence-corrected chi connectivity index (χ2v) is 7.05. The Hall–Kier alpha value is -0.900. The molecule has 3 heterocycles. The molecule has 0 spiro atoms. The topological polar surface area (TPSA) is 18.5 Å². The average Bonchev–Trinajstić information content (AvgIpc) is 2.95. The number of nitrogens with zero attached hydrogens (tertiary/aromatic N) is 2. The van der Waals surface area contributed by atoms with Crippen LogP contribution < -0.4 is 5.32 Å². The molecule has 4 rings (SSSR count). The SMILES string of the molecule is CC1CN2CCCC2CN1Cc1cccc2c1CCNC2. The highest BCUT2D eigenvalue weighted by molar-refractivity contribution is 5.37. The molecule has 3 aliphatic rings. The Labute approximate surface area is 128 Å². The fraction of sp³-hybridized carbons (Fsp3) is 0.667. The zero-order chi connectivity index (χ0) is 14.2. The standard InChI is InChI=1S/C18H27N3/c1-14-11-20-9-3-6-17(20)13-21(14)12-16-5-2-4-15-10-19-8-7-18(15)16/h2,4-5,14,17,19H,3,6-13H2,1H3. The van der Waals surface area contributed by atoms with Crippen LogP contribution in [0.2, 0.25) is 0 Å². The van der Waals surface area contributed by atoms with Crippen molar-refractivity contribution in [3.05, 3.63) is 34.9 Å². The van der Waals surface area contributed by atoms with Crippen LogP contribution in [0.1, 0.15) is 36.5 Å². The predicted octanol–water partition coefficient (Wildman–Crippen LogP) is 2.00. The summed E-state index contributed by atoms with van der Waals surface area (Å²) in [4.78, 5) is 5.44. The maximum atomic E-state index is 3.49. The Balaban J connectivity index is 1.53. The van der Waals surface area contributed by atoms with Crippen LogP contribution in [0.25, 0.3) is 0 Å². The summed E-state index contributed by atoms with van der Waals surface area (Å²) < 4.78 is 0. The lowest BCUT2D eigenvalue weighted by Gasteiger charge is -2.42. The molecule has 0 radical (unpaired) electrons. The number of fused-ring (bicyclic) bond motifs is 2. The molecule has 0 aromatic heterocycles. The highest BCUT2D eigenvalue weighted by Crippen LogP contribution is 2.27. The van der Waals surface area contributed by atoms with Gasteiger partial charge in [-0.05, 0) is 56.0 Å². The van der Waals surface area contributed by atoms with Crippen molar-refractivity contribution in [1.29, 1.82) is 0 Å². The van der Waals surface area contributed by atoms with Gasteiger partial charge in [-0.25, -0.2) is 0 Å². The number of hydrogen-bond donors (Lipinski definition) is 1. The van der Waals surface area contributed by atoms with E-state index in [1.54, 1.807) is 11.1 Å². The molecule has 1 N–H and O–H groups in total. The summed E-state index contributed by atoms with van der Waals surface area (Å²) in [6, 6.07) is 8.41. The third kappa shape index (κ3) is 2.63. The summed E-state index contributed by atoms with van der Waals surface area (Å²) in [7, 11) is 0. The number of hydrogen-bond acceptors (Lipinski definition) is 3. The first-order valence-corrected chi connectivity index (χ1v) is 8.60. The molecule has 2 unspecified atom stereocenters. The minimum atomic E-state index is 0.692. The summed E-state index contributed by atoms with van der Waals surface area (Å²) >= 11 is 0. The van der Waals surface area contributed by atoms with Crippen LogP contribution in [0.5, 0.6) is 0 Å². The van der Waals surface area contributed by atoms with Crippen LogP contribution in [0.15, 0.2) is 18.2 Å². The van der Waals surface area contributed by atoms with Crippen LogP contribution in [-0.2, 0) is 19.5 Å². The van der Waals surface area contributed by atoms with Crippen LogP contribution in [0.4, 0.5) is 0 Å². The van der Waals surface area contributed by atoms with Gasteiger partial charge in [0.25, 0.3) is 0 Å². The first kappa shape index (κ1) is 13.7. The average molecular weight is 285 g/mol. The molecule has 3 nitrogen and oxygen atoms in total. The van der Waals surface area contributed by atoms with Crippen molar-refractivity contribution in [3.63, 3.8) is 0 Å². The second kappa shape index (κ2) is 5.71. The van der Waals surface area contributed by atoms with Gasteiger partial charge in [-0.2, -0.15) is 0 Å². The van der Waals surface area contributed by atoms with Crippen molar-refractivity contribution >= 4 is 0 Å². The molecule has 2 fully saturated rings. The van der Waals surface area contributed by atoms with Crippen molar-refractivity contribution in [2.24, 2.45) is 0 Å². The van der Waals surface area contributed by atoms with E-state index in [2.05, 4.69) is 40.2 Å². The summed E-state index contributed by atoms with van der Waals surface area (Å²) in [6.07, 6.45) is 4.00. The molecule has 2 atom stereocenters. The smallest absolute Gasteiger partial charge is 0.0240 e. The van der Waals surface area contributed by atoms with Gasteiger partial charge < -0.3 is 5.32 Å². The van der Waals surface area contributed by atoms with Gasteiger partial charge in [-0.1, -0.05) is 18.2 Å². The second-order valence-electron chi connectivity index (χ2n) is 7.05. The summed E-state index contributed by atoms with van der Waals surface area (Å²) in [6.45, 7) is 9.60. The number of piperazine rings is 1. The van der Waals surface area contributed by atoms with E-state index in [4.69, 9.17) is 0 Å². The summed E-state index contributed by atoms with van der Waals surface area (Å²) in [5.41, 5.74) is 4.72. The van der Waals surface area contributed by atoms with Gasteiger partial charge in [0.05, 0.1) is 0 Å². The Bertz CT molecular complexity index is 513. The third-order valence-electron chi connectivity index (χ3n) is 5.68. The molecule has 0 bridgehead atoms. The van der Waals surface area contributed by atoms with Gasteiger partial charge in [0.2, 0.25) is 0 Å². The van der Waals surface area contributed by atoms with Crippen molar-refractivity contribution in [1.82, 2.24) is 15.1 Å². The minimum absolute atomic E-state index is 0.692. The molecule has 0 amide bonds. The Morgan fingerprint density at radius 2 is 2.24 bits per heavy atom. The van der Waals surface area contributed by atoms with E-state index in [1.807, 2.05) is 0 Å². The quantitative estimate of drug-likeness (QED) is 0.896. The van der Waals surface area contributed by atoms with Crippen molar-refractivity contribution in [3.8, 4) is 0 Å². The number of nitrogens with one attached hydrogen (secondary N) is 1. The molecule has 21 heavy (non-hydrogen) atoms. The lowest BCUT2D eigenvalue weighted by Crippen LogP contribution is -2.54. The summed E-state index contributed by atoms with van der Waals surface area (Å²) in [5, 5.41) is 3.49. The van der Waals surface area contributed by atoms with Gasteiger partial charge >= 0.3 is 0 Å².